The number of nitrogens with zero attached hydrogens (tertiary/aromatic N) is 2. The van der Waals surface area contributed by atoms with Gasteiger partial charge in [0.2, 0.25) is 5.76 Å². The van der Waals surface area contributed by atoms with Gasteiger partial charge in [0.25, 0.3) is 5.91 Å². The van der Waals surface area contributed by atoms with Crippen LogP contribution in [-0.4, -0.2) is 10.9 Å². The third-order valence-electron chi connectivity index (χ3n) is 5.15. The van der Waals surface area contributed by atoms with Gasteiger partial charge in [-0.25, -0.2) is 4.98 Å². The van der Waals surface area contributed by atoms with Crippen molar-refractivity contribution in [1.82, 2.24) is 4.98 Å². The number of rotatable bonds is 3. The van der Waals surface area contributed by atoms with E-state index in [1.165, 1.54) is 16.2 Å². The molecule has 0 fully saturated rings. The molecule has 2 aromatic carbocycles. The molecule has 5 nitrogen and oxygen atoms in total. The number of halogens is 1. The third kappa shape index (κ3) is 2.79. The van der Waals surface area contributed by atoms with Crippen LogP contribution in [0.3, 0.4) is 0 Å². The number of anilines is 1. The van der Waals surface area contributed by atoms with E-state index in [9.17, 15) is 9.59 Å². The van der Waals surface area contributed by atoms with Crippen molar-refractivity contribution >= 4 is 44.9 Å². The molecule has 144 valence electrons. The first-order valence-corrected chi connectivity index (χ1v) is 10.4. The summed E-state index contributed by atoms with van der Waals surface area (Å²) in [5.74, 6) is -0.296. The van der Waals surface area contributed by atoms with E-state index in [2.05, 4.69) is 4.98 Å². The summed E-state index contributed by atoms with van der Waals surface area (Å²) in [7, 11) is 0. The molecule has 0 saturated carbocycles. The fourth-order valence-corrected chi connectivity index (χ4v) is 4.53. The maximum Gasteiger partial charge on any atom is 0.297 e. The molecule has 1 unspecified atom stereocenters. The molecular weight excluding hydrogens is 408 g/mol. The average molecular weight is 423 g/mol. The van der Waals surface area contributed by atoms with Crippen LogP contribution in [0.4, 0.5) is 5.13 Å². The highest BCUT2D eigenvalue weighted by Gasteiger charge is 2.44. The van der Waals surface area contributed by atoms with Gasteiger partial charge in [-0.05, 0) is 41.8 Å². The van der Waals surface area contributed by atoms with Crippen LogP contribution in [0.15, 0.2) is 63.3 Å². The SMILES string of the molecule is CCc1ccc2oc3c(c(=O)c2c1)C(c1ccc(Cl)cc1)N(c1nccs1)C3=O. The standard InChI is InChI=1S/C22H15ClN2O3S/c1-2-12-3-8-16-15(11-12)19(26)17-18(13-4-6-14(23)7-5-13)25(21(27)20(17)28-16)22-24-9-10-29-22/h3-11,18H,2H2,1H3. The molecule has 0 bridgehead atoms. The van der Waals surface area contributed by atoms with Gasteiger partial charge >= 0.3 is 0 Å². The minimum atomic E-state index is -0.619. The third-order valence-corrected chi connectivity index (χ3v) is 6.18. The van der Waals surface area contributed by atoms with Crippen LogP contribution in [0, 0.1) is 0 Å². The zero-order chi connectivity index (χ0) is 20.1. The van der Waals surface area contributed by atoms with E-state index >= 15 is 0 Å². The van der Waals surface area contributed by atoms with Crippen molar-refractivity contribution in [2.24, 2.45) is 0 Å². The smallest absolute Gasteiger partial charge is 0.297 e. The Bertz CT molecular complexity index is 1300. The molecule has 0 spiro atoms. The molecular formula is C22H15ClN2O3S. The van der Waals surface area contributed by atoms with E-state index in [0.717, 1.165) is 17.5 Å². The van der Waals surface area contributed by atoms with Gasteiger partial charge in [-0.15, -0.1) is 11.3 Å². The Labute approximate surface area is 175 Å². The number of hydrogen-bond donors (Lipinski definition) is 0. The Kier molecular flexibility index (Phi) is 4.26. The molecule has 0 saturated heterocycles. The minimum Gasteiger partial charge on any atom is -0.450 e. The Hall–Kier alpha value is -2.96. The number of carbonyl (C=O) groups excluding carboxylic acids is 1. The van der Waals surface area contributed by atoms with E-state index in [1.807, 2.05) is 31.2 Å². The predicted octanol–water partition coefficient (Wildman–Crippen LogP) is 5.22. The first-order chi connectivity index (χ1) is 14.1. The van der Waals surface area contributed by atoms with Crippen molar-refractivity contribution in [2.45, 2.75) is 19.4 Å². The van der Waals surface area contributed by atoms with Crippen LogP contribution in [-0.2, 0) is 6.42 Å². The number of carbonyl (C=O) groups is 1. The van der Waals surface area contributed by atoms with Gasteiger partial charge in [-0.1, -0.05) is 36.7 Å². The molecule has 1 atom stereocenters. The Balaban J connectivity index is 1.82. The summed E-state index contributed by atoms with van der Waals surface area (Å²) < 4.78 is 5.96. The van der Waals surface area contributed by atoms with Crippen LogP contribution < -0.4 is 10.3 Å². The van der Waals surface area contributed by atoms with E-state index < -0.39 is 6.04 Å². The number of hydrogen-bond acceptors (Lipinski definition) is 5. The van der Waals surface area contributed by atoms with Gasteiger partial charge in [-0.2, -0.15) is 0 Å². The monoisotopic (exact) mass is 422 g/mol. The summed E-state index contributed by atoms with van der Waals surface area (Å²) in [6, 6.07) is 12.0. The normalized spacial score (nSPS) is 15.9. The molecule has 4 aromatic rings. The van der Waals surface area contributed by atoms with Gasteiger partial charge in [0.1, 0.15) is 5.58 Å². The van der Waals surface area contributed by atoms with Crippen LogP contribution in [0.1, 0.15) is 40.2 Å². The molecule has 2 aromatic heterocycles. The molecule has 7 heteroatoms. The number of aryl methyl sites for hydroxylation is 1. The second-order valence-electron chi connectivity index (χ2n) is 6.80. The predicted molar refractivity (Wildman–Crippen MR) is 114 cm³/mol. The lowest BCUT2D eigenvalue weighted by atomic mass is 9.98. The lowest BCUT2D eigenvalue weighted by Gasteiger charge is -2.22. The van der Waals surface area contributed by atoms with E-state index in [0.29, 0.717) is 26.7 Å². The highest BCUT2D eigenvalue weighted by atomic mass is 35.5. The van der Waals surface area contributed by atoms with Crippen LogP contribution in [0.25, 0.3) is 11.0 Å². The number of aromatic nitrogens is 1. The first-order valence-electron chi connectivity index (χ1n) is 9.16. The topological polar surface area (TPSA) is 63.4 Å². The largest absolute Gasteiger partial charge is 0.450 e. The van der Waals surface area contributed by atoms with Crippen molar-refractivity contribution < 1.29 is 9.21 Å². The number of thiazole rings is 1. The summed E-state index contributed by atoms with van der Waals surface area (Å²) in [5.41, 5.74) is 2.37. The van der Waals surface area contributed by atoms with Gasteiger partial charge < -0.3 is 4.42 Å². The van der Waals surface area contributed by atoms with Crippen molar-refractivity contribution in [3.63, 3.8) is 0 Å². The van der Waals surface area contributed by atoms with Crippen LogP contribution in [0.2, 0.25) is 5.02 Å². The van der Waals surface area contributed by atoms with Crippen LogP contribution >= 0.6 is 22.9 Å². The molecule has 0 radical (unpaired) electrons. The average Bonchev–Trinajstić information content (AvgIpc) is 3.35. The summed E-state index contributed by atoms with van der Waals surface area (Å²) in [6.07, 6.45) is 2.44. The maximum absolute atomic E-state index is 13.5. The van der Waals surface area contributed by atoms with Gasteiger partial charge in [0.05, 0.1) is 17.0 Å². The molecule has 5 rings (SSSR count). The Morgan fingerprint density at radius 1 is 1.17 bits per heavy atom. The minimum absolute atomic E-state index is 0.0712. The Morgan fingerprint density at radius 3 is 2.66 bits per heavy atom. The summed E-state index contributed by atoms with van der Waals surface area (Å²) >= 11 is 7.39. The summed E-state index contributed by atoms with van der Waals surface area (Å²) in [5, 5.41) is 3.37. The highest BCUT2D eigenvalue weighted by molar-refractivity contribution is 7.13. The fraction of sp³-hybridized carbons (Fsp3) is 0.136. The summed E-state index contributed by atoms with van der Waals surface area (Å²) in [4.78, 5) is 32.7. The van der Waals surface area contributed by atoms with E-state index in [1.54, 1.807) is 29.8 Å². The second kappa shape index (κ2) is 6.83. The zero-order valence-electron chi connectivity index (χ0n) is 15.4. The van der Waals surface area contributed by atoms with Crippen molar-refractivity contribution in [3.05, 3.63) is 91.7 Å². The van der Waals surface area contributed by atoms with Crippen molar-refractivity contribution in [3.8, 4) is 0 Å². The summed E-state index contributed by atoms with van der Waals surface area (Å²) in [6.45, 7) is 2.03. The molecule has 0 N–H and O–H groups in total. The zero-order valence-corrected chi connectivity index (χ0v) is 17.0. The van der Waals surface area contributed by atoms with Crippen LogP contribution in [0.5, 0.6) is 0 Å². The number of amides is 1. The van der Waals surface area contributed by atoms with Crippen molar-refractivity contribution in [1.29, 1.82) is 0 Å². The van der Waals surface area contributed by atoms with Gasteiger partial charge in [-0.3, -0.25) is 14.5 Å². The van der Waals surface area contributed by atoms with Gasteiger partial charge in [0.15, 0.2) is 10.6 Å². The van der Waals surface area contributed by atoms with E-state index in [4.69, 9.17) is 16.0 Å². The lowest BCUT2D eigenvalue weighted by molar-refractivity contribution is 0.0971. The molecule has 0 aliphatic carbocycles. The van der Waals surface area contributed by atoms with Crippen molar-refractivity contribution in [2.75, 3.05) is 4.90 Å². The number of benzene rings is 2. The molecule has 1 aliphatic rings. The molecule has 29 heavy (non-hydrogen) atoms. The first kappa shape index (κ1) is 18.1. The highest BCUT2D eigenvalue weighted by Crippen LogP contribution is 2.42. The van der Waals surface area contributed by atoms with E-state index in [-0.39, 0.29) is 17.1 Å². The lowest BCUT2D eigenvalue weighted by Crippen LogP contribution is -2.29. The molecule has 3 heterocycles. The van der Waals surface area contributed by atoms with Gasteiger partial charge in [0, 0.05) is 16.6 Å². The number of fused-ring (bicyclic) bond motifs is 2. The fourth-order valence-electron chi connectivity index (χ4n) is 3.73. The quantitative estimate of drug-likeness (QED) is 0.454. The second-order valence-corrected chi connectivity index (χ2v) is 8.11. The molecule has 1 amide bonds. The maximum atomic E-state index is 13.5. The molecule has 1 aliphatic heterocycles. The Morgan fingerprint density at radius 2 is 1.97 bits per heavy atom.